The number of rotatable bonds is 5. The maximum Gasteiger partial charge on any atom is 0.416 e. The molecule has 0 amide bonds. The highest BCUT2D eigenvalue weighted by atomic mass is 35.5. The molecule has 1 aromatic heterocycles. The van der Waals surface area contributed by atoms with Gasteiger partial charge in [0.25, 0.3) is 5.56 Å². The number of aromatic nitrogens is 2. The molecule has 0 spiro atoms. The Labute approximate surface area is 171 Å². The molecule has 1 saturated heterocycles. The van der Waals surface area contributed by atoms with Crippen molar-refractivity contribution < 1.29 is 13.2 Å². The van der Waals surface area contributed by atoms with Crippen LogP contribution in [0, 0.1) is 0 Å². The van der Waals surface area contributed by atoms with Crippen molar-refractivity contribution in [2.45, 2.75) is 19.1 Å². The highest BCUT2D eigenvalue weighted by Gasteiger charge is 2.30. The van der Waals surface area contributed by atoms with E-state index >= 15 is 0 Å². The second kappa shape index (κ2) is 8.73. The molecular weight excluding hydrogens is 407 g/mol. The summed E-state index contributed by atoms with van der Waals surface area (Å²) in [4.78, 5) is 17.2. The Morgan fingerprint density at radius 3 is 2.59 bits per heavy atom. The number of anilines is 1. The zero-order valence-electron chi connectivity index (χ0n) is 16.2. The van der Waals surface area contributed by atoms with Crippen LogP contribution in [0.25, 0.3) is 5.69 Å². The summed E-state index contributed by atoms with van der Waals surface area (Å²) in [5.74, 6) is 0. The number of hydrogen-bond acceptors (Lipinski definition) is 5. The molecule has 0 aliphatic carbocycles. The van der Waals surface area contributed by atoms with Crippen molar-refractivity contribution in [2.75, 3.05) is 45.1 Å². The Bertz CT molecular complexity index is 909. The van der Waals surface area contributed by atoms with Crippen LogP contribution < -0.4 is 10.9 Å². The van der Waals surface area contributed by atoms with Crippen molar-refractivity contribution in [3.8, 4) is 5.69 Å². The lowest BCUT2D eigenvalue weighted by Gasteiger charge is -2.34. The lowest BCUT2D eigenvalue weighted by molar-refractivity contribution is -0.137. The maximum atomic E-state index is 12.9. The fourth-order valence-corrected chi connectivity index (χ4v) is 3.44. The van der Waals surface area contributed by atoms with Gasteiger partial charge >= 0.3 is 6.18 Å². The summed E-state index contributed by atoms with van der Waals surface area (Å²) in [6.07, 6.45) is -3.14. The molecule has 1 aliphatic heterocycles. The molecule has 3 rings (SSSR count). The van der Waals surface area contributed by atoms with Gasteiger partial charge in [0.2, 0.25) is 0 Å². The molecule has 1 atom stereocenters. The smallest absolute Gasteiger partial charge is 0.379 e. The van der Waals surface area contributed by atoms with Gasteiger partial charge in [-0.1, -0.05) is 17.7 Å². The van der Waals surface area contributed by atoms with Gasteiger partial charge in [-0.05, 0) is 32.2 Å². The zero-order chi connectivity index (χ0) is 21.2. The lowest BCUT2D eigenvalue weighted by Crippen LogP contribution is -2.47. The number of nitrogens with zero attached hydrogens (tertiary/aromatic N) is 4. The largest absolute Gasteiger partial charge is 0.416 e. The molecule has 1 aromatic carbocycles. The summed E-state index contributed by atoms with van der Waals surface area (Å²) in [6.45, 7) is 6.69. The number of likely N-dealkylation sites (N-methyl/N-ethyl adjacent to an activating group) is 1. The van der Waals surface area contributed by atoms with Crippen LogP contribution in [0.15, 0.2) is 35.3 Å². The third kappa shape index (κ3) is 5.29. The fraction of sp³-hybridized carbons (Fsp3) is 0.474. The first-order valence-corrected chi connectivity index (χ1v) is 9.66. The molecule has 0 bridgehead atoms. The molecule has 1 unspecified atom stereocenters. The Morgan fingerprint density at radius 1 is 1.24 bits per heavy atom. The molecule has 2 aromatic rings. The van der Waals surface area contributed by atoms with Gasteiger partial charge in [-0.15, -0.1) is 0 Å². The van der Waals surface area contributed by atoms with E-state index in [1.54, 1.807) is 0 Å². The molecule has 2 heterocycles. The Balaban J connectivity index is 1.75. The average Bonchev–Trinajstić information content (AvgIpc) is 2.67. The maximum absolute atomic E-state index is 12.9. The highest BCUT2D eigenvalue weighted by Crippen LogP contribution is 2.30. The van der Waals surface area contributed by atoms with Crippen molar-refractivity contribution in [3.05, 3.63) is 51.4 Å². The van der Waals surface area contributed by atoms with E-state index < -0.39 is 17.3 Å². The number of piperazine rings is 1. The highest BCUT2D eigenvalue weighted by molar-refractivity contribution is 6.32. The lowest BCUT2D eigenvalue weighted by atomic mass is 10.2. The van der Waals surface area contributed by atoms with Crippen LogP contribution in [-0.4, -0.2) is 65.4 Å². The molecule has 1 N–H and O–H groups in total. The molecule has 6 nitrogen and oxygen atoms in total. The summed E-state index contributed by atoms with van der Waals surface area (Å²) in [7, 11) is 2.09. The van der Waals surface area contributed by atoms with Crippen LogP contribution in [0.2, 0.25) is 5.02 Å². The van der Waals surface area contributed by atoms with Crippen molar-refractivity contribution in [1.82, 2.24) is 19.6 Å². The van der Waals surface area contributed by atoms with Gasteiger partial charge in [0.15, 0.2) is 0 Å². The second-order valence-corrected chi connectivity index (χ2v) is 7.66. The molecular formula is C19H23ClF3N5O. The number of benzene rings is 1. The number of alkyl halides is 3. The summed E-state index contributed by atoms with van der Waals surface area (Å²) in [5.41, 5.74) is -1.17. The topological polar surface area (TPSA) is 53.4 Å². The van der Waals surface area contributed by atoms with Crippen LogP contribution in [-0.2, 0) is 6.18 Å². The zero-order valence-corrected chi connectivity index (χ0v) is 17.0. The van der Waals surface area contributed by atoms with Crippen molar-refractivity contribution in [1.29, 1.82) is 0 Å². The van der Waals surface area contributed by atoms with Crippen LogP contribution in [0.4, 0.5) is 18.9 Å². The molecule has 0 saturated carbocycles. The number of nitrogens with one attached hydrogen (secondary N) is 1. The first-order valence-electron chi connectivity index (χ1n) is 9.28. The monoisotopic (exact) mass is 429 g/mol. The van der Waals surface area contributed by atoms with Crippen molar-refractivity contribution >= 4 is 17.3 Å². The van der Waals surface area contributed by atoms with E-state index in [1.807, 2.05) is 6.92 Å². The first kappa shape index (κ1) is 21.6. The van der Waals surface area contributed by atoms with E-state index in [-0.39, 0.29) is 16.8 Å². The second-order valence-electron chi connectivity index (χ2n) is 7.29. The van der Waals surface area contributed by atoms with E-state index in [9.17, 15) is 18.0 Å². The van der Waals surface area contributed by atoms with Gasteiger partial charge in [-0.25, -0.2) is 0 Å². The van der Waals surface area contributed by atoms with E-state index in [0.717, 1.165) is 49.5 Å². The van der Waals surface area contributed by atoms with E-state index in [0.29, 0.717) is 5.69 Å². The standard InChI is InChI=1S/C19H23ClF3N5O/c1-13(12-27-8-6-26(2)7-9-27)25-16-11-24-28(18(29)17(16)20)15-5-3-4-14(10-15)19(21,22)23/h3-5,10-11,13,25H,6-9,12H2,1-2H3. The summed E-state index contributed by atoms with van der Waals surface area (Å²) in [5, 5.41) is 7.08. The van der Waals surface area contributed by atoms with Gasteiger partial charge in [-0.2, -0.15) is 23.0 Å². The van der Waals surface area contributed by atoms with Gasteiger partial charge in [0.1, 0.15) is 5.02 Å². The third-order valence-electron chi connectivity index (χ3n) is 4.87. The normalized spacial score (nSPS) is 17.3. The molecule has 1 fully saturated rings. The van der Waals surface area contributed by atoms with Crippen LogP contribution >= 0.6 is 11.6 Å². The van der Waals surface area contributed by atoms with Gasteiger partial charge in [0.05, 0.1) is 23.1 Å². The predicted molar refractivity (Wildman–Crippen MR) is 107 cm³/mol. The molecule has 10 heteroatoms. The Morgan fingerprint density at radius 2 is 1.93 bits per heavy atom. The number of hydrogen-bond donors (Lipinski definition) is 1. The van der Waals surface area contributed by atoms with Gasteiger partial charge < -0.3 is 10.2 Å². The number of halogens is 4. The molecule has 0 radical (unpaired) electrons. The fourth-order valence-electron chi connectivity index (χ4n) is 3.26. The van der Waals surface area contributed by atoms with Crippen LogP contribution in [0.3, 0.4) is 0 Å². The van der Waals surface area contributed by atoms with Crippen molar-refractivity contribution in [3.63, 3.8) is 0 Å². The predicted octanol–water partition coefficient (Wildman–Crippen LogP) is 2.95. The minimum atomic E-state index is -4.51. The van der Waals surface area contributed by atoms with Crippen LogP contribution in [0.5, 0.6) is 0 Å². The third-order valence-corrected chi connectivity index (χ3v) is 5.23. The summed E-state index contributed by atoms with van der Waals surface area (Å²) >= 11 is 6.21. The molecule has 1 aliphatic rings. The quantitative estimate of drug-likeness (QED) is 0.792. The van der Waals surface area contributed by atoms with Gasteiger partial charge in [0, 0.05) is 38.8 Å². The first-order chi connectivity index (χ1) is 13.6. The summed E-state index contributed by atoms with van der Waals surface area (Å²) < 4.78 is 39.7. The minimum absolute atomic E-state index is 0.00348. The van der Waals surface area contributed by atoms with Crippen LogP contribution in [0.1, 0.15) is 12.5 Å². The van der Waals surface area contributed by atoms with E-state index in [2.05, 4.69) is 27.3 Å². The summed E-state index contributed by atoms with van der Waals surface area (Å²) in [6, 6.07) is 4.43. The average molecular weight is 430 g/mol. The molecule has 158 valence electrons. The van der Waals surface area contributed by atoms with E-state index in [4.69, 9.17) is 11.6 Å². The Hall–Kier alpha value is -2.10. The SMILES string of the molecule is CC(CN1CCN(C)CC1)Nc1cnn(-c2cccc(C(F)(F)F)c2)c(=O)c1Cl. The van der Waals surface area contributed by atoms with Crippen molar-refractivity contribution in [2.24, 2.45) is 0 Å². The van der Waals surface area contributed by atoms with Gasteiger partial charge in [-0.3, -0.25) is 9.69 Å². The minimum Gasteiger partial charge on any atom is -0.379 e. The molecule has 29 heavy (non-hydrogen) atoms. The Kier molecular flexibility index (Phi) is 6.50. The van der Waals surface area contributed by atoms with E-state index in [1.165, 1.54) is 18.3 Å².